The molecule has 8 heteroatoms. The number of hydrogen-bond acceptors (Lipinski definition) is 3. The standard InChI is InChI=1S/C11H13F3N4O/c12-11(13,14)5-18(7-3-4-7)10(19)9-15-8(16-17-9)6-1-2-6/h6-7H,1-5H2,(H,15,16,17). The zero-order valence-corrected chi connectivity index (χ0v) is 10.1. The maximum atomic E-state index is 12.5. The van der Waals surface area contributed by atoms with Crippen molar-refractivity contribution in [3.8, 4) is 0 Å². The Morgan fingerprint density at radius 1 is 1.32 bits per heavy atom. The first-order valence-corrected chi connectivity index (χ1v) is 6.24. The number of carbonyl (C=O) groups excluding carboxylic acids is 1. The lowest BCUT2D eigenvalue weighted by Crippen LogP contribution is -2.41. The number of H-pyrrole nitrogens is 1. The summed E-state index contributed by atoms with van der Waals surface area (Å²) < 4.78 is 37.4. The summed E-state index contributed by atoms with van der Waals surface area (Å²) in [7, 11) is 0. The second kappa shape index (κ2) is 4.21. The molecule has 3 rings (SSSR count). The number of alkyl halides is 3. The summed E-state index contributed by atoms with van der Waals surface area (Å²) in [6, 6.07) is -0.322. The Bertz CT molecular complexity index is 490. The second-order valence-electron chi connectivity index (χ2n) is 5.10. The average molecular weight is 274 g/mol. The van der Waals surface area contributed by atoms with Gasteiger partial charge in [0.25, 0.3) is 5.91 Å². The molecule has 1 aromatic heterocycles. The molecule has 0 bridgehead atoms. The van der Waals surface area contributed by atoms with E-state index >= 15 is 0 Å². The molecule has 2 aliphatic carbocycles. The van der Waals surface area contributed by atoms with Gasteiger partial charge in [0.05, 0.1) is 0 Å². The van der Waals surface area contributed by atoms with Crippen LogP contribution in [0.15, 0.2) is 0 Å². The first-order chi connectivity index (χ1) is 8.94. The van der Waals surface area contributed by atoms with Crippen molar-refractivity contribution in [1.29, 1.82) is 0 Å². The van der Waals surface area contributed by atoms with Gasteiger partial charge in [0, 0.05) is 12.0 Å². The van der Waals surface area contributed by atoms with E-state index in [-0.39, 0.29) is 17.8 Å². The van der Waals surface area contributed by atoms with Gasteiger partial charge in [0.15, 0.2) is 0 Å². The van der Waals surface area contributed by atoms with Crippen molar-refractivity contribution in [2.45, 2.75) is 43.8 Å². The summed E-state index contributed by atoms with van der Waals surface area (Å²) in [6.07, 6.45) is -1.20. The Morgan fingerprint density at radius 2 is 2.00 bits per heavy atom. The molecule has 0 radical (unpaired) electrons. The largest absolute Gasteiger partial charge is 0.406 e. The van der Waals surface area contributed by atoms with Crippen LogP contribution in [0.1, 0.15) is 48.0 Å². The first-order valence-electron chi connectivity index (χ1n) is 6.24. The van der Waals surface area contributed by atoms with E-state index in [0.717, 1.165) is 17.7 Å². The predicted octanol–water partition coefficient (Wildman–Crippen LogP) is 1.85. The van der Waals surface area contributed by atoms with Gasteiger partial charge in [-0.2, -0.15) is 13.2 Å². The monoisotopic (exact) mass is 274 g/mol. The molecule has 0 atom stereocenters. The molecule has 1 N–H and O–H groups in total. The number of aromatic amines is 1. The van der Waals surface area contributed by atoms with Crippen LogP contribution in [0.25, 0.3) is 0 Å². The van der Waals surface area contributed by atoms with Crippen LogP contribution < -0.4 is 0 Å². The normalized spacial score (nSPS) is 19.5. The van der Waals surface area contributed by atoms with Crippen molar-refractivity contribution in [3.05, 3.63) is 11.6 Å². The molecule has 2 fully saturated rings. The van der Waals surface area contributed by atoms with Crippen LogP contribution in [-0.2, 0) is 0 Å². The van der Waals surface area contributed by atoms with Crippen molar-refractivity contribution < 1.29 is 18.0 Å². The summed E-state index contributed by atoms with van der Waals surface area (Å²) in [4.78, 5) is 16.9. The molecule has 1 aromatic rings. The SMILES string of the molecule is O=C(c1n[nH]c(C2CC2)n1)N(CC(F)(F)F)C1CC1. The third-order valence-electron chi connectivity index (χ3n) is 3.26. The van der Waals surface area contributed by atoms with E-state index in [0.29, 0.717) is 18.7 Å². The minimum Gasteiger partial charge on any atom is -0.324 e. The highest BCUT2D eigenvalue weighted by atomic mass is 19.4. The highest BCUT2D eigenvalue weighted by Crippen LogP contribution is 2.38. The van der Waals surface area contributed by atoms with E-state index in [2.05, 4.69) is 15.2 Å². The van der Waals surface area contributed by atoms with E-state index in [1.807, 2.05) is 0 Å². The Labute approximate surface area is 107 Å². The summed E-state index contributed by atoms with van der Waals surface area (Å²) in [5.41, 5.74) is 0. The van der Waals surface area contributed by atoms with Crippen LogP contribution >= 0.6 is 0 Å². The fourth-order valence-corrected chi connectivity index (χ4v) is 1.98. The summed E-state index contributed by atoms with van der Waals surface area (Å²) in [5, 5.41) is 6.38. The molecule has 2 aliphatic rings. The van der Waals surface area contributed by atoms with E-state index < -0.39 is 18.6 Å². The summed E-state index contributed by atoms with van der Waals surface area (Å²) in [6.45, 7) is -1.23. The van der Waals surface area contributed by atoms with Crippen molar-refractivity contribution in [2.24, 2.45) is 0 Å². The smallest absolute Gasteiger partial charge is 0.324 e. The molecule has 0 aliphatic heterocycles. The molecular formula is C11H13F3N4O. The Balaban J connectivity index is 1.74. The number of nitrogens with one attached hydrogen (secondary N) is 1. The zero-order chi connectivity index (χ0) is 13.6. The molecule has 5 nitrogen and oxygen atoms in total. The minimum atomic E-state index is -4.39. The lowest BCUT2D eigenvalue weighted by Gasteiger charge is -2.22. The van der Waals surface area contributed by atoms with Crippen molar-refractivity contribution >= 4 is 5.91 Å². The molecule has 0 saturated heterocycles. The Morgan fingerprint density at radius 3 is 2.53 bits per heavy atom. The van der Waals surface area contributed by atoms with E-state index in [9.17, 15) is 18.0 Å². The third kappa shape index (κ3) is 2.87. The van der Waals surface area contributed by atoms with Crippen molar-refractivity contribution in [1.82, 2.24) is 20.1 Å². The fourth-order valence-electron chi connectivity index (χ4n) is 1.98. The third-order valence-corrected chi connectivity index (χ3v) is 3.26. The number of carbonyl (C=O) groups is 1. The van der Waals surface area contributed by atoms with Gasteiger partial charge in [-0.25, -0.2) is 4.98 Å². The van der Waals surface area contributed by atoms with Crippen LogP contribution in [0.2, 0.25) is 0 Å². The van der Waals surface area contributed by atoms with Gasteiger partial charge in [0.2, 0.25) is 5.82 Å². The topological polar surface area (TPSA) is 61.9 Å². The molecule has 2 saturated carbocycles. The zero-order valence-electron chi connectivity index (χ0n) is 10.1. The average Bonchev–Trinajstić information content (AvgIpc) is 3.23. The molecule has 1 amide bonds. The fraction of sp³-hybridized carbons (Fsp3) is 0.727. The molecule has 0 unspecified atom stereocenters. The number of halogens is 3. The molecular weight excluding hydrogens is 261 g/mol. The molecule has 104 valence electrons. The second-order valence-corrected chi connectivity index (χ2v) is 5.10. The number of rotatable bonds is 4. The molecule has 19 heavy (non-hydrogen) atoms. The van der Waals surface area contributed by atoms with Gasteiger partial charge < -0.3 is 4.90 Å². The van der Waals surface area contributed by atoms with E-state index in [4.69, 9.17) is 0 Å². The summed E-state index contributed by atoms with van der Waals surface area (Å²) >= 11 is 0. The van der Waals surface area contributed by atoms with E-state index in [1.165, 1.54) is 0 Å². The van der Waals surface area contributed by atoms with Gasteiger partial charge in [0.1, 0.15) is 12.4 Å². The van der Waals surface area contributed by atoms with Gasteiger partial charge in [-0.1, -0.05) is 0 Å². The maximum Gasteiger partial charge on any atom is 0.406 e. The van der Waals surface area contributed by atoms with Gasteiger partial charge >= 0.3 is 6.18 Å². The van der Waals surface area contributed by atoms with Crippen LogP contribution in [-0.4, -0.2) is 44.8 Å². The number of amides is 1. The van der Waals surface area contributed by atoms with Gasteiger partial charge in [-0.15, -0.1) is 5.10 Å². The Kier molecular flexibility index (Phi) is 2.75. The molecule has 0 aromatic carbocycles. The molecule has 0 spiro atoms. The Hall–Kier alpha value is -1.60. The van der Waals surface area contributed by atoms with Gasteiger partial charge in [-0.05, 0) is 25.7 Å². The van der Waals surface area contributed by atoms with Gasteiger partial charge in [-0.3, -0.25) is 9.89 Å². The first kappa shape index (κ1) is 12.4. The van der Waals surface area contributed by atoms with Crippen molar-refractivity contribution in [3.63, 3.8) is 0 Å². The van der Waals surface area contributed by atoms with E-state index in [1.54, 1.807) is 0 Å². The predicted molar refractivity (Wildman–Crippen MR) is 58.5 cm³/mol. The number of nitrogens with zero attached hydrogens (tertiary/aromatic N) is 3. The van der Waals surface area contributed by atoms with Crippen LogP contribution in [0.4, 0.5) is 13.2 Å². The van der Waals surface area contributed by atoms with Crippen molar-refractivity contribution in [2.75, 3.05) is 6.54 Å². The highest BCUT2D eigenvalue weighted by molar-refractivity contribution is 5.90. The minimum absolute atomic E-state index is 0.155. The lowest BCUT2D eigenvalue weighted by atomic mass is 10.4. The van der Waals surface area contributed by atoms with Crippen LogP contribution in [0, 0.1) is 0 Å². The maximum absolute atomic E-state index is 12.5. The number of hydrogen-bond donors (Lipinski definition) is 1. The lowest BCUT2D eigenvalue weighted by molar-refractivity contribution is -0.141. The van der Waals surface area contributed by atoms with Crippen LogP contribution in [0.3, 0.4) is 0 Å². The highest BCUT2D eigenvalue weighted by Gasteiger charge is 2.42. The quantitative estimate of drug-likeness (QED) is 0.911. The van der Waals surface area contributed by atoms with Crippen LogP contribution in [0.5, 0.6) is 0 Å². The molecule has 1 heterocycles. The summed E-state index contributed by atoms with van der Waals surface area (Å²) in [5.74, 6) is -0.00169. The number of aromatic nitrogens is 3.